The minimum atomic E-state index is 0.422. The predicted octanol–water partition coefficient (Wildman–Crippen LogP) is 5.14. The maximum absolute atomic E-state index is 5.96. The lowest BCUT2D eigenvalue weighted by Crippen LogP contribution is -2.33. The summed E-state index contributed by atoms with van der Waals surface area (Å²) in [6.45, 7) is 6.06. The van der Waals surface area contributed by atoms with Crippen LogP contribution in [0.4, 0.5) is 0 Å². The molecule has 4 rings (SSSR count). The Hall–Kier alpha value is -1.98. The zero-order valence-electron chi connectivity index (χ0n) is 14.7. The largest absolute Gasteiger partial charge is 0.440 e. The van der Waals surface area contributed by atoms with Gasteiger partial charge < -0.3 is 4.42 Å². The van der Waals surface area contributed by atoms with E-state index in [4.69, 9.17) is 9.40 Å². The number of aromatic nitrogens is 2. The Balaban J connectivity index is 1.57. The molecule has 4 nitrogen and oxygen atoms in total. The fraction of sp³-hybridized carbons (Fsp3) is 0.400. The monoisotopic (exact) mass is 353 g/mol. The Bertz CT molecular complexity index is 840. The molecule has 1 fully saturated rings. The molecule has 1 aliphatic rings. The number of hydrogen-bond acceptors (Lipinski definition) is 5. The molecule has 4 heterocycles. The number of nitrogens with zero attached hydrogens (tertiary/aromatic N) is 3. The third-order valence-corrected chi connectivity index (χ3v) is 5.87. The molecule has 0 aromatic carbocycles. The van der Waals surface area contributed by atoms with Gasteiger partial charge in [-0.2, -0.15) is 0 Å². The molecule has 0 aliphatic carbocycles. The second kappa shape index (κ2) is 7.10. The van der Waals surface area contributed by atoms with Gasteiger partial charge in [0, 0.05) is 29.9 Å². The van der Waals surface area contributed by atoms with Crippen LogP contribution >= 0.6 is 11.3 Å². The van der Waals surface area contributed by atoms with Crippen LogP contribution < -0.4 is 0 Å². The number of hydrogen-bond donors (Lipinski definition) is 0. The van der Waals surface area contributed by atoms with E-state index in [1.54, 1.807) is 11.3 Å². The van der Waals surface area contributed by atoms with Crippen LogP contribution in [0.3, 0.4) is 0 Å². The van der Waals surface area contributed by atoms with Gasteiger partial charge in [0.2, 0.25) is 5.89 Å². The smallest absolute Gasteiger partial charge is 0.236 e. The molecule has 0 amide bonds. The molecule has 0 radical (unpaired) electrons. The van der Waals surface area contributed by atoms with Crippen LogP contribution in [0.2, 0.25) is 0 Å². The quantitative estimate of drug-likeness (QED) is 0.651. The first-order valence-electron chi connectivity index (χ1n) is 8.88. The van der Waals surface area contributed by atoms with Gasteiger partial charge in [-0.25, -0.2) is 4.98 Å². The maximum Gasteiger partial charge on any atom is 0.236 e. The van der Waals surface area contributed by atoms with Gasteiger partial charge in [-0.3, -0.25) is 9.88 Å². The number of piperidine rings is 1. The normalized spacial score (nSPS) is 18.6. The predicted molar refractivity (Wildman–Crippen MR) is 101 cm³/mol. The van der Waals surface area contributed by atoms with Gasteiger partial charge in [0.05, 0.1) is 10.6 Å². The standard InChI is InChI=1S/C20H23N3OS/c1-14-8-9-19(25-14)20-22-17(15(2)24-20)13-23-11-4-3-7-18(23)16-6-5-10-21-12-16/h5-6,8-10,12,18H,3-4,7,11,13H2,1-2H3. The van der Waals surface area contributed by atoms with Crippen molar-refractivity contribution in [3.05, 3.63) is 58.6 Å². The Morgan fingerprint density at radius 1 is 1.24 bits per heavy atom. The minimum absolute atomic E-state index is 0.422. The average molecular weight is 353 g/mol. The van der Waals surface area contributed by atoms with Crippen molar-refractivity contribution in [1.82, 2.24) is 14.9 Å². The summed E-state index contributed by atoms with van der Waals surface area (Å²) in [5, 5.41) is 0. The molecule has 0 spiro atoms. The highest BCUT2D eigenvalue weighted by atomic mass is 32.1. The van der Waals surface area contributed by atoms with Gasteiger partial charge in [0.25, 0.3) is 0 Å². The van der Waals surface area contributed by atoms with Crippen LogP contribution in [-0.4, -0.2) is 21.4 Å². The first-order chi connectivity index (χ1) is 12.2. The fourth-order valence-electron chi connectivity index (χ4n) is 3.55. The Morgan fingerprint density at radius 2 is 2.16 bits per heavy atom. The SMILES string of the molecule is Cc1ccc(-c2nc(CN3CCCCC3c3cccnc3)c(C)o2)s1. The summed E-state index contributed by atoms with van der Waals surface area (Å²) in [6, 6.07) is 8.84. The molecule has 1 unspecified atom stereocenters. The topological polar surface area (TPSA) is 42.2 Å². The van der Waals surface area contributed by atoms with Crippen molar-refractivity contribution in [2.45, 2.75) is 45.7 Å². The second-order valence-electron chi connectivity index (χ2n) is 6.70. The van der Waals surface area contributed by atoms with E-state index in [1.807, 2.05) is 25.4 Å². The molecule has 1 saturated heterocycles. The molecular weight excluding hydrogens is 330 g/mol. The van der Waals surface area contributed by atoms with Gasteiger partial charge in [-0.1, -0.05) is 12.5 Å². The zero-order chi connectivity index (χ0) is 17.2. The van der Waals surface area contributed by atoms with Crippen LogP contribution in [0.15, 0.2) is 41.1 Å². The van der Waals surface area contributed by atoms with Crippen LogP contribution in [0.5, 0.6) is 0 Å². The van der Waals surface area contributed by atoms with Gasteiger partial charge in [-0.15, -0.1) is 11.3 Å². The molecule has 3 aromatic rings. The molecule has 130 valence electrons. The minimum Gasteiger partial charge on any atom is -0.440 e. The number of aryl methyl sites for hydroxylation is 2. The highest BCUT2D eigenvalue weighted by Crippen LogP contribution is 2.33. The van der Waals surface area contributed by atoms with E-state index >= 15 is 0 Å². The first-order valence-corrected chi connectivity index (χ1v) is 9.69. The molecule has 5 heteroatoms. The number of oxazole rings is 1. The summed E-state index contributed by atoms with van der Waals surface area (Å²) in [7, 11) is 0. The maximum atomic E-state index is 5.96. The van der Waals surface area contributed by atoms with E-state index in [0.29, 0.717) is 6.04 Å². The molecule has 0 saturated carbocycles. The fourth-order valence-corrected chi connectivity index (χ4v) is 4.35. The first kappa shape index (κ1) is 16.5. The summed E-state index contributed by atoms with van der Waals surface area (Å²) in [6.07, 6.45) is 7.53. The summed E-state index contributed by atoms with van der Waals surface area (Å²) >= 11 is 1.73. The third-order valence-electron chi connectivity index (χ3n) is 4.88. The number of pyridine rings is 1. The van der Waals surface area contributed by atoms with E-state index in [2.05, 4.69) is 35.0 Å². The highest BCUT2D eigenvalue weighted by Gasteiger charge is 2.26. The van der Waals surface area contributed by atoms with E-state index < -0.39 is 0 Å². The summed E-state index contributed by atoms with van der Waals surface area (Å²) < 4.78 is 5.96. The van der Waals surface area contributed by atoms with Crippen molar-refractivity contribution in [1.29, 1.82) is 0 Å². The number of thiophene rings is 1. The van der Waals surface area contributed by atoms with Crippen molar-refractivity contribution in [3.63, 3.8) is 0 Å². The third kappa shape index (κ3) is 3.53. The molecule has 0 N–H and O–H groups in total. The van der Waals surface area contributed by atoms with E-state index in [9.17, 15) is 0 Å². The Kier molecular flexibility index (Phi) is 4.68. The second-order valence-corrected chi connectivity index (χ2v) is 7.99. The van der Waals surface area contributed by atoms with E-state index in [-0.39, 0.29) is 0 Å². The van der Waals surface area contributed by atoms with Crippen LogP contribution in [0.25, 0.3) is 10.8 Å². The van der Waals surface area contributed by atoms with Gasteiger partial charge in [0.15, 0.2) is 0 Å². The Labute approximate surface area is 152 Å². The Morgan fingerprint density at radius 3 is 2.92 bits per heavy atom. The van der Waals surface area contributed by atoms with E-state index in [0.717, 1.165) is 35.3 Å². The zero-order valence-corrected chi connectivity index (χ0v) is 15.6. The number of likely N-dealkylation sites (tertiary alicyclic amines) is 1. The molecule has 25 heavy (non-hydrogen) atoms. The molecule has 1 aliphatic heterocycles. The van der Waals surface area contributed by atoms with E-state index in [1.165, 1.54) is 29.7 Å². The van der Waals surface area contributed by atoms with Gasteiger partial charge in [0.1, 0.15) is 5.76 Å². The highest BCUT2D eigenvalue weighted by molar-refractivity contribution is 7.15. The van der Waals surface area contributed by atoms with Gasteiger partial charge >= 0.3 is 0 Å². The van der Waals surface area contributed by atoms with Crippen molar-refractivity contribution in [3.8, 4) is 10.8 Å². The van der Waals surface area contributed by atoms with Crippen LogP contribution in [-0.2, 0) is 6.54 Å². The van der Waals surface area contributed by atoms with Crippen molar-refractivity contribution in [2.24, 2.45) is 0 Å². The lowest BCUT2D eigenvalue weighted by molar-refractivity contribution is 0.138. The number of rotatable bonds is 4. The molecule has 0 bridgehead atoms. The van der Waals surface area contributed by atoms with Crippen LogP contribution in [0, 0.1) is 13.8 Å². The van der Waals surface area contributed by atoms with Gasteiger partial charge in [-0.05, 0) is 57.0 Å². The van der Waals surface area contributed by atoms with Crippen LogP contribution in [0.1, 0.15) is 47.2 Å². The summed E-state index contributed by atoms with van der Waals surface area (Å²) in [5.41, 5.74) is 2.36. The molecule has 1 atom stereocenters. The van der Waals surface area contributed by atoms with Crippen molar-refractivity contribution < 1.29 is 4.42 Å². The lowest BCUT2D eigenvalue weighted by atomic mass is 9.96. The molecule has 3 aromatic heterocycles. The van der Waals surface area contributed by atoms with Crippen molar-refractivity contribution >= 4 is 11.3 Å². The lowest BCUT2D eigenvalue weighted by Gasteiger charge is -2.35. The molecular formula is C20H23N3OS. The van der Waals surface area contributed by atoms with Crippen molar-refractivity contribution in [2.75, 3.05) is 6.54 Å². The summed E-state index contributed by atoms with van der Waals surface area (Å²) in [4.78, 5) is 14.0. The summed E-state index contributed by atoms with van der Waals surface area (Å²) in [5.74, 6) is 1.68. The average Bonchev–Trinajstić information content (AvgIpc) is 3.22.